The number of hydrogen-bond acceptors (Lipinski definition) is 3. The maximum Gasteiger partial charge on any atom is 0.0933 e. The van der Waals surface area contributed by atoms with Gasteiger partial charge in [0.1, 0.15) is 0 Å². The van der Waals surface area contributed by atoms with Gasteiger partial charge in [-0.1, -0.05) is 30.3 Å². The van der Waals surface area contributed by atoms with Gasteiger partial charge in [-0.25, -0.2) is 0 Å². The normalized spacial score (nSPS) is 12.6. The Morgan fingerprint density at radius 3 is 2.65 bits per heavy atom. The van der Waals surface area contributed by atoms with Crippen LogP contribution in [0.2, 0.25) is 0 Å². The third-order valence-electron chi connectivity index (χ3n) is 2.36. The average Bonchev–Trinajstić information content (AvgIpc) is 2.77. The van der Waals surface area contributed by atoms with Crippen molar-refractivity contribution >= 4 is 27.3 Å². The van der Waals surface area contributed by atoms with Gasteiger partial charge in [-0.2, -0.15) is 5.48 Å². The van der Waals surface area contributed by atoms with Crippen LogP contribution in [-0.2, 0) is 11.4 Å². The van der Waals surface area contributed by atoms with Gasteiger partial charge in [0.25, 0.3) is 0 Å². The molecule has 0 amide bonds. The Labute approximate surface area is 114 Å². The Hall–Kier alpha value is -0.680. The van der Waals surface area contributed by atoms with Crippen LogP contribution in [-0.4, -0.2) is 0 Å². The summed E-state index contributed by atoms with van der Waals surface area (Å²) in [5, 5.41) is 0. The molecule has 2 rings (SSSR count). The minimum absolute atomic E-state index is 0.204. The number of hydrogen-bond donors (Lipinski definition) is 1. The molecule has 2 aromatic rings. The van der Waals surface area contributed by atoms with Gasteiger partial charge in [0, 0.05) is 4.88 Å². The van der Waals surface area contributed by atoms with Crippen LogP contribution in [0.25, 0.3) is 0 Å². The highest BCUT2D eigenvalue weighted by molar-refractivity contribution is 9.11. The van der Waals surface area contributed by atoms with Crippen molar-refractivity contribution in [1.29, 1.82) is 0 Å². The van der Waals surface area contributed by atoms with E-state index >= 15 is 0 Å². The lowest BCUT2D eigenvalue weighted by molar-refractivity contribution is 0.00771. The molecule has 1 atom stereocenters. The lowest BCUT2D eigenvalue weighted by Gasteiger charge is -2.12. The summed E-state index contributed by atoms with van der Waals surface area (Å²) in [6.07, 6.45) is 0. The lowest BCUT2D eigenvalue weighted by Crippen LogP contribution is -2.18. The van der Waals surface area contributed by atoms with E-state index in [0.717, 1.165) is 3.79 Å². The van der Waals surface area contributed by atoms with Gasteiger partial charge in [0.15, 0.2) is 0 Å². The third kappa shape index (κ3) is 3.92. The summed E-state index contributed by atoms with van der Waals surface area (Å²) >= 11 is 5.17. The van der Waals surface area contributed by atoms with Gasteiger partial charge in [-0.15, -0.1) is 11.3 Å². The first-order valence-corrected chi connectivity index (χ1v) is 7.03. The first-order valence-electron chi connectivity index (χ1n) is 5.42. The zero-order valence-electron chi connectivity index (χ0n) is 9.52. The smallest absolute Gasteiger partial charge is 0.0933 e. The largest absolute Gasteiger partial charge is 0.296 e. The van der Waals surface area contributed by atoms with Crippen molar-refractivity contribution < 1.29 is 4.84 Å². The van der Waals surface area contributed by atoms with Gasteiger partial charge in [-0.3, -0.25) is 4.84 Å². The highest BCUT2D eigenvalue weighted by Crippen LogP contribution is 2.26. The van der Waals surface area contributed by atoms with Crippen LogP contribution in [0.1, 0.15) is 23.4 Å². The fourth-order valence-electron chi connectivity index (χ4n) is 1.44. The molecule has 90 valence electrons. The van der Waals surface area contributed by atoms with E-state index < -0.39 is 0 Å². The predicted molar refractivity (Wildman–Crippen MR) is 74.8 cm³/mol. The van der Waals surface area contributed by atoms with Crippen molar-refractivity contribution in [1.82, 2.24) is 5.48 Å². The molecular formula is C13H14BrNOS. The zero-order valence-corrected chi connectivity index (χ0v) is 11.9. The molecule has 0 spiro atoms. The van der Waals surface area contributed by atoms with Crippen LogP contribution in [0, 0.1) is 0 Å². The van der Waals surface area contributed by atoms with E-state index in [1.165, 1.54) is 10.4 Å². The molecule has 1 aromatic heterocycles. The van der Waals surface area contributed by atoms with Crippen LogP contribution in [0.3, 0.4) is 0 Å². The van der Waals surface area contributed by atoms with Crippen molar-refractivity contribution in [2.75, 3.05) is 0 Å². The molecule has 17 heavy (non-hydrogen) atoms. The van der Waals surface area contributed by atoms with E-state index in [9.17, 15) is 0 Å². The predicted octanol–water partition coefficient (Wildman–Crippen LogP) is 4.29. The van der Waals surface area contributed by atoms with Gasteiger partial charge in [0.05, 0.1) is 16.4 Å². The Balaban J connectivity index is 1.79. The van der Waals surface area contributed by atoms with Gasteiger partial charge in [0.2, 0.25) is 0 Å². The summed E-state index contributed by atoms with van der Waals surface area (Å²) in [7, 11) is 0. The Morgan fingerprint density at radius 2 is 2.00 bits per heavy atom. The molecule has 0 fully saturated rings. The monoisotopic (exact) mass is 311 g/mol. The summed E-state index contributed by atoms with van der Waals surface area (Å²) in [4.78, 5) is 6.74. The molecule has 1 aromatic carbocycles. The summed E-state index contributed by atoms with van der Waals surface area (Å²) in [5.74, 6) is 0. The first-order chi connectivity index (χ1) is 8.25. The fourth-order valence-corrected chi connectivity index (χ4v) is 2.86. The molecule has 0 bridgehead atoms. The molecule has 0 aliphatic carbocycles. The summed E-state index contributed by atoms with van der Waals surface area (Å²) in [6.45, 7) is 2.67. The van der Waals surface area contributed by atoms with Crippen LogP contribution >= 0.6 is 27.3 Å². The van der Waals surface area contributed by atoms with Crippen LogP contribution in [0.5, 0.6) is 0 Å². The summed E-state index contributed by atoms with van der Waals surface area (Å²) < 4.78 is 1.14. The van der Waals surface area contributed by atoms with Crippen LogP contribution in [0.4, 0.5) is 0 Å². The second-order valence-corrected chi connectivity index (χ2v) is 6.25. The molecule has 0 saturated carbocycles. The maximum absolute atomic E-state index is 5.49. The molecule has 1 heterocycles. The van der Waals surface area contributed by atoms with Gasteiger partial charge in [-0.05, 0) is 40.5 Å². The highest BCUT2D eigenvalue weighted by atomic mass is 79.9. The number of rotatable bonds is 5. The molecule has 2 nitrogen and oxygen atoms in total. The van der Waals surface area contributed by atoms with Crippen molar-refractivity contribution in [3.05, 3.63) is 56.7 Å². The Morgan fingerprint density at radius 1 is 1.24 bits per heavy atom. The first kappa shape index (κ1) is 12.8. The van der Waals surface area contributed by atoms with E-state index in [2.05, 4.69) is 40.5 Å². The van der Waals surface area contributed by atoms with E-state index in [0.29, 0.717) is 6.61 Å². The van der Waals surface area contributed by atoms with Crippen LogP contribution in [0.15, 0.2) is 46.3 Å². The summed E-state index contributed by atoms with van der Waals surface area (Å²) in [5.41, 5.74) is 4.22. The fraction of sp³-hybridized carbons (Fsp3) is 0.231. The van der Waals surface area contributed by atoms with E-state index in [4.69, 9.17) is 4.84 Å². The molecule has 4 heteroatoms. The molecule has 0 radical (unpaired) electrons. The molecule has 0 aliphatic heterocycles. The number of hydroxylamine groups is 1. The molecule has 0 saturated heterocycles. The lowest BCUT2D eigenvalue weighted by atomic mass is 10.2. The number of halogens is 1. The molecule has 1 unspecified atom stereocenters. The quantitative estimate of drug-likeness (QED) is 0.832. The van der Waals surface area contributed by atoms with Crippen molar-refractivity contribution in [3.8, 4) is 0 Å². The van der Waals surface area contributed by atoms with Gasteiger partial charge >= 0.3 is 0 Å². The molecule has 1 N–H and O–H groups in total. The Bertz CT molecular complexity index is 457. The van der Waals surface area contributed by atoms with Crippen molar-refractivity contribution in [2.45, 2.75) is 19.6 Å². The Kier molecular flexibility index (Phi) is 4.74. The molecule has 0 aliphatic rings. The minimum atomic E-state index is 0.204. The van der Waals surface area contributed by atoms with E-state index in [-0.39, 0.29) is 6.04 Å². The van der Waals surface area contributed by atoms with E-state index in [1.54, 1.807) is 11.3 Å². The summed E-state index contributed by atoms with van der Waals surface area (Å²) in [6, 6.07) is 14.5. The zero-order chi connectivity index (χ0) is 12.1. The van der Waals surface area contributed by atoms with Crippen molar-refractivity contribution in [2.24, 2.45) is 0 Å². The van der Waals surface area contributed by atoms with Crippen molar-refractivity contribution in [3.63, 3.8) is 0 Å². The maximum atomic E-state index is 5.49. The topological polar surface area (TPSA) is 21.3 Å². The van der Waals surface area contributed by atoms with Gasteiger partial charge < -0.3 is 0 Å². The number of thiophene rings is 1. The second-order valence-electron chi connectivity index (χ2n) is 3.76. The standard InChI is InChI=1S/C13H14BrNOS/c1-10(12-7-8-13(14)17-12)15-16-9-11-5-3-2-4-6-11/h2-8,10,15H,9H2,1H3. The highest BCUT2D eigenvalue weighted by Gasteiger charge is 2.07. The average molecular weight is 312 g/mol. The number of benzene rings is 1. The van der Waals surface area contributed by atoms with Crippen LogP contribution < -0.4 is 5.48 Å². The third-order valence-corrected chi connectivity index (χ3v) is 4.17. The molecular weight excluding hydrogens is 298 g/mol. The minimum Gasteiger partial charge on any atom is -0.296 e. The SMILES string of the molecule is CC(NOCc1ccccc1)c1ccc(Br)s1. The van der Waals surface area contributed by atoms with E-state index in [1.807, 2.05) is 30.3 Å². The number of nitrogens with one attached hydrogen (secondary N) is 1. The second kappa shape index (κ2) is 6.31.